The molecule has 2 fully saturated rings. The van der Waals surface area contributed by atoms with Gasteiger partial charge >= 0.3 is 0 Å². The first kappa shape index (κ1) is 15.0. The van der Waals surface area contributed by atoms with Gasteiger partial charge in [0.25, 0.3) is 0 Å². The Morgan fingerprint density at radius 2 is 2.33 bits per heavy atom. The van der Waals surface area contributed by atoms with Crippen molar-refractivity contribution in [2.45, 2.75) is 69.5 Å². The summed E-state index contributed by atoms with van der Waals surface area (Å²) in [5.41, 5.74) is -1.90. The second-order valence-corrected chi connectivity index (χ2v) is 6.74. The minimum absolute atomic E-state index is 0.0442. The summed E-state index contributed by atoms with van der Waals surface area (Å²) in [6.45, 7) is 3.86. The second kappa shape index (κ2) is 5.07. The number of hydrogen-bond donors (Lipinski definition) is 3. The normalized spacial score (nSPS) is 46.7. The molecule has 0 spiro atoms. The van der Waals surface area contributed by atoms with Gasteiger partial charge < -0.3 is 20.3 Å². The maximum absolute atomic E-state index is 12.3. The van der Waals surface area contributed by atoms with Crippen molar-refractivity contribution in [1.29, 1.82) is 0 Å². The molecule has 0 aromatic rings. The van der Waals surface area contributed by atoms with E-state index in [4.69, 9.17) is 4.74 Å². The molecule has 0 saturated carbocycles. The SMILES string of the molecule is CCC[C@H]1C(=O)N[C@@]2([C@@H](O)[C@@H]3C=CCCC3)[C@@H](O)O[C@@]12C. The molecule has 0 unspecified atom stereocenters. The third-order valence-electron chi connectivity index (χ3n) is 5.62. The van der Waals surface area contributed by atoms with Crippen LogP contribution in [0.15, 0.2) is 12.2 Å². The van der Waals surface area contributed by atoms with Crippen LogP contribution in [0.2, 0.25) is 0 Å². The molecule has 0 aromatic carbocycles. The number of amides is 1. The number of carbonyl (C=O) groups is 1. The molecule has 21 heavy (non-hydrogen) atoms. The highest BCUT2D eigenvalue weighted by atomic mass is 16.7. The van der Waals surface area contributed by atoms with Crippen LogP contribution < -0.4 is 5.32 Å². The summed E-state index contributed by atoms with van der Waals surface area (Å²) in [5.74, 6) is -0.472. The van der Waals surface area contributed by atoms with Gasteiger partial charge in [-0.2, -0.15) is 0 Å². The highest BCUT2D eigenvalue weighted by Gasteiger charge is 2.77. The molecule has 1 amide bonds. The van der Waals surface area contributed by atoms with E-state index in [1.165, 1.54) is 0 Å². The molecule has 3 N–H and O–H groups in total. The molecule has 2 heterocycles. The third-order valence-corrected chi connectivity index (χ3v) is 5.62. The van der Waals surface area contributed by atoms with E-state index in [1.807, 2.05) is 19.9 Å². The summed E-state index contributed by atoms with van der Waals surface area (Å²) in [4.78, 5) is 12.3. The predicted octanol–water partition coefficient (Wildman–Crippen LogP) is 1.10. The van der Waals surface area contributed by atoms with E-state index in [0.29, 0.717) is 6.42 Å². The van der Waals surface area contributed by atoms with Crippen molar-refractivity contribution in [3.63, 3.8) is 0 Å². The monoisotopic (exact) mass is 295 g/mol. The van der Waals surface area contributed by atoms with Gasteiger partial charge in [-0.05, 0) is 32.6 Å². The van der Waals surface area contributed by atoms with Crippen LogP contribution in [0.5, 0.6) is 0 Å². The number of rotatable bonds is 4. The van der Waals surface area contributed by atoms with Crippen molar-refractivity contribution in [1.82, 2.24) is 5.32 Å². The Morgan fingerprint density at radius 1 is 1.57 bits per heavy atom. The number of allylic oxidation sites excluding steroid dienone is 1. The van der Waals surface area contributed by atoms with Crippen LogP contribution in [0.3, 0.4) is 0 Å². The van der Waals surface area contributed by atoms with Crippen molar-refractivity contribution in [2.75, 3.05) is 0 Å². The molecule has 6 atom stereocenters. The molecular formula is C16H25NO4. The van der Waals surface area contributed by atoms with Crippen molar-refractivity contribution < 1.29 is 19.7 Å². The van der Waals surface area contributed by atoms with Crippen molar-refractivity contribution in [3.8, 4) is 0 Å². The number of aliphatic hydroxyl groups excluding tert-OH is 2. The van der Waals surface area contributed by atoms with Gasteiger partial charge in [0.15, 0.2) is 6.29 Å². The topological polar surface area (TPSA) is 78.8 Å². The fourth-order valence-corrected chi connectivity index (χ4v) is 4.36. The van der Waals surface area contributed by atoms with Crippen LogP contribution in [0.4, 0.5) is 0 Å². The Morgan fingerprint density at radius 3 is 2.90 bits per heavy atom. The van der Waals surface area contributed by atoms with Crippen molar-refractivity contribution in [2.24, 2.45) is 11.8 Å². The van der Waals surface area contributed by atoms with Gasteiger partial charge in [-0.1, -0.05) is 25.5 Å². The zero-order chi connectivity index (χ0) is 15.3. The molecule has 1 aliphatic carbocycles. The molecule has 5 nitrogen and oxygen atoms in total. The van der Waals surface area contributed by atoms with Crippen LogP contribution in [-0.2, 0) is 9.53 Å². The van der Waals surface area contributed by atoms with Gasteiger partial charge in [-0.3, -0.25) is 4.79 Å². The maximum atomic E-state index is 12.3. The summed E-state index contributed by atoms with van der Waals surface area (Å²) >= 11 is 0. The Hall–Kier alpha value is -0.910. The van der Waals surface area contributed by atoms with Crippen LogP contribution in [0.1, 0.15) is 46.0 Å². The Labute approximate surface area is 125 Å². The molecule has 5 heteroatoms. The number of hydrogen-bond acceptors (Lipinski definition) is 4. The number of nitrogens with one attached hydrogen (secondary N) is 1. The first-order chi connectivity index (χ1) is 9.97. The van der Waals surface area contributed by atoms with Gasteiger partial charge in [0.2, 0.25) is 5.91 Å². The first-order valence-corrected chi connectivity index (χ1v) is 8.00. The van der Waals surface area contributed by atoms with E-state index in [0.717, 1.165) is 25.7 Å². The molecular weight excluding hydrogens is 270 g/mol. The Kier molecular flexibility index (Phi) is 3.62. The van der Waals surface area contributed by atoms with Gasteiger partial charge in [-0.25, -0.2) is 0 Å². The lowest BCUT2D eigenvalue weighted by Gasteiger charge is -2.60. The summed E-state index contributed by atoms with van der Waals surface area (Å²) in [7, 11) is 0. The highest BCUT2D eigenvalue weighted by Crippen LogP contribution is 2.55. The van der Waals surface area contributed by atoms with Gasteiger partial charge in [-0.15, -0.1) is 0 Å². The zero-order valence-corrected chi connectivity index (χ0v) is 12.7. The molecule has 2 aliphatic heterocycles. The fourth-order valence-electron chi connectivity index (χ4n) is 4.36. The minimum Gasteiger partial charge on any atom is -0.390 e. The standard InChI is InChI=1S/C16H25NO4/c1-3-7-11-13(19)17-16(14(20)21-15(11,16)2)12(18)10-8-5-4-6-9-10/h5,8,10-12,14,18,20H,3-4,6-7,9H2,1-2H3,(H,17,19)/t10-,11+,12+,14+,15+,16+/m1/s1. The number of fused-ring (bicyclic) bond motifs is 1. The predicted molar refractivity (Wildman–Crippen MR) is 77.3 cm³/mol. The maximum Gasteiger partial charge on any atom is 0.226 e. The first-order valence-electron chi connectivity index (χ1n) is 8.00. The lowest BCUT2D eigenvalue weighted by molar-refractivity contribution is -0.370. The molecule has 2 saturated heterocycles. The summed E-state index contributed by atoms with van der Waals surface area (Å²) in [6.07, 6.45) is 6.59. The lowest BCUT2D eigenvalue weighted by Crippen LogP contribution is -2.81. The van der Waals surface area contributed by atoms with Crippen LogP contribution in [0, 0.1) is 11.8 Å². The van der Waals surface area contributed by atoms with Crippen LogP contribution in [-0.4, -0.2) is 39.7 Å². The Balaban J connectivity index is 1.92. The molecule has 0 bridgehead atoms. The largest absolute Gasteiger partial charge is 0.390 e. The van der Waals surface area contributed by atoms with E-state index in [1.54, 1.807) is 0 Å². The molecule has 118 valence electrons. The zero-order valence-electron chi connectivity index (χ0n) is 12.7. The number of carbonyl (C=O) groups excluding carboxylic acids is 1. The second-order valence-electron chi connectivity index (χ2n) is 6.74. The minimum atomic E-state index is -1.14. The Bertz CT molecular complexity index is 465. The smallest absolute Gasteiger partial charge is 0.226 e. The lowest BCUT2D eigenvalue weighted by atomic mass is 9.64. The highest BCUT2D eigenvalue weighted by molar-refractivity contribution is 5.85. The van der Waals surface area contributed by atoms with E-state index >= 15 is 0 Å². The quantitative estimate of drug-likeness (QED) is 0.679. The molecule has 0 aromatic heterocycles. The fraction of sp³-hybridized carbons (Fsp3) is 0.812. The third kappa shape index (κ3) is 1.84. The van der Waals surface area contributed by atoms with E-state index in [2.05, 4.69) is 11.4 Å². The molecule has 0 radical (unpaired) electrons. The number of aliphatic hydroxyl groups is 2. The summed E-state index contributed by atoms with van der Waals surface area (Å²) in [6, 6.07) is 0. The van der Waals surface area contributed by atoms with E-state index in [9.17, 15) is 15.0 Å². The van der Waals surface area contributed by atoms with Gasteiger partial charge in [0, 0.05) is 5.92 Å². The van der Waals surface area contributed by atoms with Gasteiger partial charge in [0.1, 0.15) is 11.1 Å². The average molecular weight is 295 g/mol. The van der Waals surface area contributed by atoms with Gasteiger partial charge in [0.05, 0.1) is 12.0 Å². The van der Waals surface area contributed by atoms with E-state index in [-0.39, 0.29) is 17.7 Å². The van der Waals surface area contributed by atoms with Crippen LogP contribution in [0.25, 0.3) is 0 Å². The van der Waals surface area contributed by atoms with E-state index < -0.39 is 23.5 Å². The van der Waals surface area contributed by atoms with Crippen LogP contribution >= 0.6 is 0 Å². The number of ether oxygens (including phenoxy) is 1. The van der Waals surface area contributed by atoms with Crippen molar-refractivity contribution in [3.05, 3.63) is 12.2 Å². The summed E-state index contributed by atoms with van der Waals surface area (Å²) in [5, 5.41) is 24.0. The molecule has 3 aliphatic rings. The average Bonchev–Trinajstić information content (AvgIpc) is 2.65. The van der Waals surface area contributed by atoms with Crippen molar-refractivity contribution >= 4 is 5.91 Å². The summed E-state index contributed by atoms with van der Waals surface area (Å²) < 4.78 is 5.59. The molecule has 3 rings (SSSR count).